The number of hydrogen-bond acceptors (Lipinski definition) is 4. The van der Waals surface area contributed by atoms with Gasteiger partial charge in [0.05, 0.1) is 11.1 Å². The lowest BCUT2D eigenvalue weighted by molar-refractivity contribution is -0.153. The molecule has 2 amide bonds. The quantitative estimate of drug-likeness (QED) is 0.861. The first-order chi connectivity index (χ1) is 13.4. The lowest BCUT2D eigenvalue weighted by Gasteiger charge is -2.42. The molecule has 1 aromatic carbocycles. The van der Waals surface area contributed by atoms with Crippen LogP contribution in [0.2, 0.25) is 0 Å². The third-order valence-corrected chi connectivity index (χ3v) is 5.93. The Bertz CT molecular complexity index is 926. The van der Waals surface area contributed by atoms with E-state index >= 15 is 0 Å². The molecule has 7 heteroatoms. The lowest BCUT2D eigenvalue weighted by atomic mass is 9.99. The number of fused-ring (bicyclic) bond motifs is 1. The molecule has 2 fully saturated rings. The van der Waals surface area contributed by atoms with Gasteiger partial charge in [0, 0.05) is 43.3 Å². The van der Waals surface area contributed by atoms with Crippen molar-refractivity contribution >= 4 is 22.7 Å². The van der Waals surface area contributed by atoms with E-state index in [-0.39, 0.29) is 23.4 Å². The van der Waals surface area contributed by atoms with Gasteiger partial charge in [-0.1, -0.05) is 6.07 Å². The number of halogens is 1. The zero-order valence-corrected chi connectivity index (χ0v) is 15.9. The van der Waals surface area contributed by atoms with Crippen LogP contribution in [-0.2, 0) is 4.79 Å². The molecule has 0 unspecified atom stereocenters. The number of aliphatic hydroxyl groups is 1. The number of aromatic nitrogens is 1. The third kappa shape index (κ3) is 3.24. The van der Waals surface area contributed by atoms with Crippen LogP contribution in [0, 0.1) is 5.82 Å². The van der Waals surface area contributed by atoms with E-state index in [0.29, 0.717) is 43.4 Å². The van der Waals surface area contributed by atoms with Crippen LogP contribution in [-0.4, -0.2) is 63.0 Å². The van der Waals surface area contributed by atoms with Gasteiger partial charge in [-0.05, 0) is 44.7 Å². The van der Waals surface area contributed by atoms with Gasteiger partial charge in [0.1, 0.15) is 11.4 Å². The second kappa shape index (κ2) is 7.13. The van der Waals surface area contributed by atoms with Crippen LogP contribution in [0.25, 0.3) is 10.9 Å². The summed E-state index contributed by atoms with van der Waals surface area (Å²) < 4.78 is 14.5. The fraction of sp³-hybridized carbons (Fsp3) is 0.476. The Morgan fingerprint density at radius 2 is 2.00 bits per heavy atom. The molecule has 4 rings (SSSR count). The van der Waals surface area contributed by atoms with Crippen LogP contribution in [0.4, 0.5) is 4.39 Å². The first-order valence-corrected chi connectivity index (χ1v) is 9.76. The van der Waals surface area contributed by atoms with Crippen molar-refractivity contribution in [1.82, 2.24) is 14.8 Å². The number of pyridine rings is 1. The summed E-state index contributed by atoms with van der Waals surface area (Å²) >= 11 is 0. The zero-order chi connectivity index (χ0) is 19.9. The summed E-state index contributed by atoms with van der Waals surface area (Å²) in [5, 5.41) is 11.3. The maximum Gasteiger partial charge on any atom is 0.257 e. The number of hydrogen-bond donors (Lipinski definition) is 1. The van der Waals surface area contributed by atoms with E-state index in [1.165, 1.54) is 12.1 Å². The predicted octanol–water partition coefficient (Wildman–Crippen LogP) is 2.35. The average Bonchev–Trinajstić information content (AvgIpc) is 3.14. The summed E-state index contributed by atoms with van der Waals surface area (Å²) in [4.78, 5) is 33.1. The molecule has 1 saturated heterocycles. The van der Waals surface area contributed by atoms with E-state index in [1.807, 2.05) is 6.92 Å². The minimum atomic E-state index is -1.26. The number of amides is 2. The molecule has 1 aromatic heterocycles. The van der Waals surface area contributed by atoms with Crippen molar-refractivity contribution in [2.24, 2.45) is 0 Å². The van der Waals surface area contributed by atoms with E-state index < -0.39 is 11.4 Å². The molecule has 1 N–H and O–H groups in total. The van der Waals surface area contributed by atoms with Gasteiger partial charge < -0.3 is 14.9 Å². The van der Waals surface area contributed by atoms with Crippen LogP contribution in [0.1, 0.15) is 43.0 Å². The topological polar surface area (TPSA) is 73.7 Å². The molecule has 2 aliphatic rings. The SMILES string of the molecule is C[C@H]1CN(C(=O)C2(O)CCCC2)CCN1C(=O)c1cc2cccnc2cc1F. The Morgan fingerprint density at radius 3 is 2.71 bits per heavy atom. The second-order valence-electron chi connectivity index (χ2n) is 7.87. The third-order valence-electron chi connectivity index (χ3n) is 5.93. The van der Waals surface area contributed by atoms with E-state index in [4.69, 9.17) is 0 Å². The molecule has 1 saturated carbocycles. The Hall–Kier alpha value is -2.54. The van der Waals surface area contributed by atoms with Crippen LogP contribution < -0.4 is 0 Å². The molecule has 2 aromatic rings. The van der Waals surface area contributed by atoms with Crippen molar-refractivity contribution in [3.63, 3.8) is 0 Å². The van der Waals surface area contributed by atoms with Crippen molar-refractivity contribution in [3.05, 3.63) is 41.8 Å². The zero-order valence-electron chi connectivity index (χ0n) is 15.9. The summed E-state index contributed by atoms with van der Waals surface area (Å²) in [6.45, 7) is 2.83. The fourth-order valence-electron chi connectivity index (χ4n) is 4.33. The van der Waals surface area contributed by atoms with Crippen molar-refractivity contribution in [1.29, 1.82) is 0 Å². The highest BCUT2D eigenvalue weighted by molar-refractivity contribution is 5.98. The number of benzene rings is 1. The lowest BCUT2D eigenvalue weighted by Crippen LogP contribution is -2.59. The molecular weight excluding hydrogens is 361 g/mol. The van der Waals surface area contributed by atoms with Crippen molar-refractivity contribution in [2.75, 3.05) is 19.6 Å². The summed E-state index contributed by atoms with van der Waals surface area (Å²) in [5.41, 5.74) is -0.741. The first kappa shape index (κ1) is 18.8. The second-order valence-corrected chi connectivity index (χ2v) is 7.87. The standard InChI is InChI=1S/C21H24FN3O3/c1-14-13-24(20(27)21(28)6-2-3-7-21)9-10-25(14)19(26)16-11-15-5-4-8-23-18(15)12-17(16)22/h4-5,8,11-12,14,28H,2-3,6-7,9-10,13H2,1H3/t14-/m0/s1. The number of nitrogens with zero attached hydrogens (tertiary/aromatic N) is 3. The van der Waals surface area contributed by atoms with Crippen LogP contribution in [0.15, 0.2) is 30.5 Å². The van der Waals surface area contributed by atoms with Gasteiger partial charge in [0.2, 0.25) is 0 Å². The highest BCUT2D eigenvalue weighted by Crippen LogP contribution is 2.32. The van der Waals surface area contributed by atoms with Gasteiger partial charge in [-0.3, -0.25) is 14.6 Å². The summed E-state index contributed by atoms with van der Waals surface area (Å²) in [5.74, 6) is -1.23. The molecule has 0 bridgehead atoms. The molecule has 1 atom stereocenters. The van der Waals surface area contributed by atoms with Crippen molar-refractivity contribution in [3.8, 4) is 0 Å². The average molecular weight is 385 g/mol. The number of carbonyl (C=O) groups is 2. The smallest absolute Gasteiger partial charge is 0.257 e. The maximum atomic E-state index is 14.5. The Morgan fingerprint density at radius 1 is 1.25 bits per heavy atom. The Balaban J connectivity index is 1.51. The van der Waals surface area contributed by atoms with Crippen molar-refractivity contribution in [2.45, 2.75) is 44.2 Å². The minimum Gasteiger partial charge on any atom is -0.380 e. The highest BCUT2D eigenvalue weighted by Gasteiger charge is 2.43. The number of piperazine rings is 1. The monoisotopic (exact) mass is 385 g/mol. The summed E-state index contributed by atoms with van der Waals surface area (Å²) in [6.07, 6.45) is 4.28. The molecule has 148 valence electrons. The number of carbonyl (C=O) groups excluding carboxylic acids is 2. The largest absolute Gasteiger partial charge is 0.380 e. The van der Waals surface area contributed by atoms with E-state index in [0.717, 1.165) is 12.8 Å². The van der Waals surface area contributed by atoms with Gasteiger partial charge in [0.15, 0.2) is 0 Å². The molecule has 6 nitrogen and oxygen atoms in total. The molecule has 1 aliphatic carbocycles. The minimum absolute atomic E-state index is 0.0153. The summed E-state index contributed by atoms with van der Waals surface area (Å²) in [7, 11) is 0. The molecule has 0 radical (unpaired) electrons. The van der Waals surface area contributed by atoms with E-state index in [2.05, 4.69) is 4.98 Å². The summed E-state index contributed by atoms with van der Waals surface area (Å²) in [6, 6.07) is 6.09. The molecular formula is C21H24FN3O3. The molecule has 1 aliphatic heterocycles. The van der Waals surface area contributed by atoms with Crippen LogP contribution in [0.3, 0.4) is 0 Å². The van der Waals surface area contributed by atoms with Gasteiger partial charge in [-0.15, -0.1) is 0 Å². The van der Waals surface area contributed by atoms with Gasteiger partial charge in [-0.25, -0.2) is 4.39 Å². The maximum absolute atomic E-state index is 14.5. The molecule has 2 heterocycles. The van der Waals surface area contributed by atoms with E-state index in [1.54, 1.807) is 28.1 Å². The van der Waals surface area contributed by atoms with Gasteiger partial charge in [-0.2, -0.15) is 0 Å². The van der Waals surface area contributed by atoms with E-state index in [9.17, 15) is 19.1 Å². The van der Waals surface area contributed by atoms with Crippen LogP contribution >= 0.6 is 0 Å². The normalized spacial score (nSPS) is 21.9. The molecule has 0 spiro atoms. The highest BCUT2D eigenvalue weighted by atomic mass is 19.1. The number of rotatable bonds is 2. The fourth-order valence-corrected chi connectivity index (χ4v) is 4.33. The van der Waals surface area contributed by atoms with Gasteiger partial charge >= 0.3 is 0 Å². The Kier molecular flexibility index (Phi) is 4.79. The predicted molar refractivity (Wildman–Crippen MR) is 102 cm³/mol. The molecule has 28 heavy (non-hydrogen) atoms. The van der Waals surface area contributed by atoms with Gasteiger partial charge in [0.25, 0.3) is 11.8 Å². The van der Waals surface area contributed by atoms with Crippen molar-refractivity contribution < 1.29 is 19.1 Å². The van der Waals surface area contributed by atoms with Crippen LogP contribution in [0.5, 0.6) is 0 Å². The first-order valence-electron chi connectivity index (χ1n) is 9.76. The Labute approximate surface area is 163 Å².